The van der Waals surface area contributed by atoms with Crippen LogP contribution in [-0.2, 0) is 31.9 Å². The lowest BCUT2D eigenvalue weighted by Crippen LogP contribution is -2.47. The van der Waals surface area contributed by atoms with E-state index in [-0.39, 0.29) is 23.5 Å². The van der Waals surface area contributed by atoms with E-state index in [1.54, 1.807) is 0 Å². The molecule has 0 saturated carbocycles. The van der Waals surface area contributed by atoms with E-state index in [1.807, 2.05) is 13.8 Å². The van der Waals surface area contributed by atoms with Crippen molar-refractivity contribution in [3.63, 3.8) is 0 Å². The van der Waals surface area contributed by atoms with E-state index in [4.69, 9.17) is 9.47 Å². The van der Waals surface area contributed by atoms with Crippen molar-refractivity contribution in [3.05, 3.63) is 41.4 Å². The number of amides is 3. The van der Waals surface area contributed by atoms with Gasteiger partial charge in [0.15, 0.2) is 6.61 Å². The first-order chi connectivity index (χ1) is 19.3. The number of imide groups is 1. The second-order valence-electron chi connectivity index (χ2n) is 10.3. The summed E-state index contributed by atoms with van der Waals surface area (Å²) >= 11 is 9.74. The Morgan fingerprint density at radius 3 is 2.15 bits per heavy atom. The number of fused-ring (bicyclic) bond motifs is 2. The van der Waals surface area contributed by atoms with Gasteiger partial charge in [-0.15, -0.1) is 11.3 Å². The largest absolute Gasteiger partial charge is 0.465 e. The number of hydrogen-bond acceptors (Lipinski definition) is 8. The molecule has 14 heteroatoms. The molecule has 9 nitrogen and oxygen atoms in total. The van der Waals surface area contributed by atoms with Crippen LogP contribution in [0.2, 0.25) is 0 Å². The first-order valence-corrected chi connectivity index (χ1v) is 17.8. The first-order valence-electron chi connectivity index (χ1n) is 12.7. The van der Waals surface area contributed by atoms with E-state index in [1.165, 1.54) is 18.4 Å². The third-order valence-electron chi connectivity index (χ3n) is 6.91. The van der Waals surface area contributed by atoms with Crippen LogP contribution >= 0.6 is 102 Å². The zero-order valence-corrected chi connectivity index (χ0v) is 31.9. The molecule has 3 amide bonds. The Kier molecular flexibility index (Phi) is 11.0. The fourth-order valence-corrected chi connectivity index (χ4v) is 10.0. The lowest BCUT2D eigenvalue weighted by molar-refractivity contribution is -0.151. The summed E-state index contributed by atoms with van der Waals surface area (Å²) in [5.41, 5.74) is 1.81. The van der Waals surface area contributed by atoms with Crippen molar-refractivity contribution in [2.45, 2.75) is 52.5 Å². The highest BCUT2D eigenvalue weighted by Gasteiger charge is 2.47. The zero-order valence-electron chi connectivity index (χ0n) is 22.5. The number of carbonyl (C=O) groups excluding carboxylic acids is 5. The van der Waals surface area contributed by atoms with Gasteiger partial charge in [0.1, 0.15) is 11.0 Å². The van der Waals surface area contributed by atoms with Crippen LogP contribution in [0.25, 0.3) is 0 Å². The van der Waals surface area contributed by atoms with Crippen LogP contribution in [0.15, 0.2) is 0 Å². The van der Waals surface area contributed by atoms with Gasteiger partial charge in [0, 0.05) is 19.2 Å². The van der Waals surface area contributed by atoms with Crippen LogP contribution in [0.1, 0.15) is 75.1 Å². The van der Waals surface area contributed by atoms with Gasteiger partial charge >= 0.3 is 11.9 Å². The van der Waals surface area contributed by atoms with Gasteiger partial charge in [-0.05, 0) is 133 Å². The molecule has 1 aromatic heterocycles. The predicted molar refractivity (Wildman–Crippen MR) is 187 cm³/mol. The third-order valence-corrected chi connectivity index (χ3v) is 15.5. The number of benzene rings is 1. The van der Waals surface area contributed by atoms with E-state index in [0.29, 0.717) is 23.6 Å². The average molecular weight is 1030 g/mol. The van der Waals surface area contributed by atoms with Crippen LogP contribution in [-0.4, -0.2) is 54.3 Å². The molecule has 220 valence electrons. The Bertz CT molecular complexity index is 1430. The number of nitrogens with one attached hydrogen (secondary N) is 1. The van der Waals surface area contributed by atoms with Gasteiger partial charge < -0.3 is 14.8 Å². The Balaban J connectivity index is 1.54. The van der Waals surface area contributed by atoms with Gasteiger partial charge in [-0.25, -0.2) is 9.59 Å². The molecule has 0 fully saturated rings. The molecule has 0 saturated heterocycles. The van der Waals surface area contributed by atoms with Crippen molar-refractivity contribution in [2.24, 2.45) is 11.8 Å². The summed E-state index contributed by atoms with van der Waals surface area (Å²) in [5, 5.41) is 3.08. The normalized spacial score (nSPS) is 16.9. The van der Waals surface area contributed by atoms with Crippen LogP contribution in [0, 0.1) is 26.1 Å². The summed E-state index contributed by atoms with van der Waals surface area (Å²) in [6.45, 7) is 5.25. The number of anilines is 1. The maximum Gasteiger partial charge on any atom is 0.341 e. The van der Waals surface area contributed by atoms with E-state index in [9.17, 15) is 24.0 Å². The third kappa shape index (κ3) is 6.59. The molecule has 0 bridgehead atoms. The minimum absolute atomic E-state index is 0.0495. The Labute approximate surface area is 296 Å². The summed E-state index contributed by atoms with van der Waals surface area (Å²) in [7, 11) is 1.29. The van der Waals surface area contributed by atoms with Gasteiger partial charge in [0.25, 0.3) is 17.7 Å². The molecule has 2 atom stereocenters. The second kappa shape index (κ2) is 13.6. The molecular weight excluding hydrogens is 1000 g/mol. The SMILES string of the molecule is COC(=O)c1c(NC(=O)COC(=O)C(CC(C)C)N2C(=O)c3c(I)c(I)c(I)c(I)c3C2=O)sc2c1CCC(C)C2. The van der Waals surface area contributed by atoms with Gasteiger partial charge in [0.2, 0.25) is 0 Å². The van der Waals surface area contributed by atoms with Crippen LogP contribution in [0.4, 0.5) is 5.00 Å². The van der Waals surface area contributed by atoms with Gasteiger partial charge in [-0.1, -0.05) is 20.8 Å². The van der Waals surface area contributed by atoms with Crippen LogP contribution in [0.3, 0.4) is 0 Å². The van der Waals surface area contributed by atoms with E-state index in [2.05, 4.69) is 103 Å². The summed E-state index contributed by atoms with van der Waals surface area (Å²) < 4.78 is 13.4. The fraction of sp³-hybridized carbons (Fsp3) is 0.444. The summed E-state index contributed by atoms with van der Waals surface area (Å²) in [6.07, 6.45) is 2.64. The van der Waals surface area contributed by atoms with Crippen molar-refractivity contribution in [1.29, 1.82) is 0 Å². The number of halogens is 4. The molecule has 1 aliphatic carbocycles. The number of thiophene rings is 1. The minimum Gasteiger partial charge on any atom is -0.465 e. The molecule has 2 unspecified atom stereocenters. The highest BCUT2D eigenvalue weighted by Crippen LogP contribution is 2.41. The summed E-state index contributed by atoms with van der Waals surface area (Å²) in [4.78, 5) is 68.0. The molecule has 41 heavy (non-hydrogen) atoms. The maximum absolute atomic E-state index is 13.6. The molecular formula is C27H26I4N2O7S. The standard InChI is InChI=1S/C27H26I4N2O7S/c1-10(2)7-13(33-24(35)17-18(25(33)36)20(29)22(31)21(30)19(17)28)26(37)40-9-15(34)32-23-16(27(38)39-4)12-6-5-11(3)8-14(12)41-23/h10-11,13H,5-9H2,1-4H3,(H,32,34). The first kappa shape index (κ1) is 33.3. The Morgan fingerprint density at radius 2 is 1.61 bits per heavy atom. The van der Waals surface area contributed by atoms with Crippen LogP contribution < -0.4 is 5.32 Å². The van der Waals surface area contributed by atoms with E-state index < -0.39 is 42.3 Å². The molecule has 4 rings (SSSR count). The van der Waals surface area contributed by atoms with Gasteiger partial charge in [0.05, 0.1) is 23.8 Å². The number of ether oxygens (including phenoxy) is 2. The highest BCUT2D eigenvalue weighted by molar-refractivity contribution is 14.1. The van der Waals surface area contributed by atoms with E-state index >= 15 is 0 Å². The zero-order chi connectivity index (χ0) is 30.3. The number of hydrogen-bond donors (Lipinski definition) is 1. The van der Waals surface area contributed by atoms with Gasteiger partial charge in [-0.2, -0.15) is 0 Å². The van der Waals surface area contributed by atoms with Crippen molar-refractivity contribution in [1.82, 2.24) is 4.90 Å². The molecule has 1 aromatic carbocycles. The van der Waals surface area contributed by atoms with Crippen molar-refractivity contribution >= 4 is 136 Å². The summed E-state index contributed by atoms with van der Waals surface area (Å²) in [6, 6.07) is -1.20. The molecule has 2 aliphatic rings. The molecule has 2 heterocycles. The Hall–Kier alpha value is -0.610. The van der Waals surface area contributed by atoms with Crippen LogP contribution in [0.5, 0.6) is 0 Å². The molecule has 0 radical (unpaired) electrons. The van der Waals surface area contributed by atoms with Crippen molar-refractivity contribution in [2.75, 3.05) is 19.0 Å². The average Bonchev–Trinajstić information content (AvgIpc) is 3.40. The summed E-state index contributed by atoms with van der Waals surface area (Å²) in [5.74, 6) is -2.68. The molecule has 1 aliphatic heterocycles. The lowest BCUT2D eigenvalue weighted by atomic mass is 9.88. The molecule has 2 aromatic rings. The maximum atomic E-state index is 13.6. The smallest absolute Gasteiger partial charge is 0.341 e. The number of carbonyl (C=O) groups is 5. The molecule has 0 spiro atoms. The lowest BCUT2D eigenvalue weighted by Gasteiger charge is -2.26. The molecule has 1 N–H and O–H groups in total. The van der Waals surface area contributed by atoms with Crippen molar-refractivity contribution in [3.8, 4) is 0 Å². The number of rotatable bonds is 8. The fourth-order valence-electron chi connectivity index (χ4n) is 4.96. The predicted octanol–water partition coefficient (Wildman–Crippen LogP) is 6.27. The van der Waals surface area contributed by atoms with Crippen molar-refractivity contribution < 1.29 is 33.4 Å². The number of esters is 2. The second-order valence-corrected chi connectivity index (χ2v) is 15.8. The highest BCUT2D eigenvalue weighted by atomic mass is 127. The van der Waals surface area contributed by atoms with E-state index in [0.717, 1.165) is 41.7 Å². The monoisotopic (exact) mass is 1030 g/mol. The van der Waals surface area contributed by atoms with Gasteiger partial charge in [-0.3, -0.25) is 19.3 Å². The number of nitrogens with zero attached hydrogens (tertiary/aromatic N) is 1. The topological polar surface area (TPSA) is 119 Å². The quantitative estimate of drug-likeness (QED) is 0.109. The Morgan fingerprint density at radius 1 is 1.02 bits per heavy atom. The number of methoxy groups -OCH3 is 1. The minimum atomic E-state index is -1.20.